The molecule has 0 unspecified atom stereocenters. The number of hydrogen-bond donors (Lipinski definition) is 6. The lowest BCUT2D eigenvalue weighted by Gasteiger charge is -2.12. The number of amides is 1. The van der Waals surface area contributed by atoms with Crippen LogP contribution in [0.25, 0.3) is 5.70 Å². The number of carbonyl (C=O) groups is 1. The molecule has 0 saturated carbocycles. The van der Waals surface area contributed by atoms with Gasteiger partial charge < -0.3 is 51.3 Å². The Labute approximate surface area is 285 Å². The number of carbonyl (C=O) groups excluding carboxylic acids is 1. The Morgan fingerprint density at radius 1 is 0.792 bits per heavy atom. The van der Waals surface area contributed by atoms with Crippen molar-refractivity contribution in [3.05, 3.63) is 66.4 Å². The molecule has 0 bridgehead atoms. The van der Waals surface area contributed by atoms with Crippen LogP contribution in [0.1, 0.15) is 38.7 Å². The van der Waals surface area contributed by atoms with Gasteiger partial charge in [-0.25, -0.2) is 0 Å². The number of allylic oxidation sites excluding steroid dienone is 2. The normalized spacial score (nSPS) is 11.4. The minimum absolute atomic E-state index is 0.102. The summed E-state index contributed by atoms with van der Waals surface area (Å²) in [7, 11) is 0. The summed E-state index contributed by atoms with van der Waals surface area (Å²) in [6.45, 7) is 14.8. The highest BCUT2D eigenvalue weighted by Crippen LogP contribution is 2.12. The zero-order valence-corrected chi connectivity index (χ0v) is 28.6. The molecule has 1 amide bonds. The van der Waals surface area contributed by atoms with E-state index in [-0.39, 0.29) is 12.3 Å². The summed E-state index contributed by atoms with van der Waals surface area (Å²) in [5.74, 6) is 1.16. The molecule has 48 heavy (non-hydrogen) atoms. The summed E-state index contributed by atoms with van der Waals surface area (Å²) in [6, 6.07) is 9.99. The maximum absolute atomic E-state index is 12.2. The number of anilines is 3. The Balaban J connectivity index is 1.70. The van der Waals surface area contributed by atoms with E-state index < -0.39 is 0 Å². The van der Waals surface area contributed by atoms with Gasteiger partial charge in [0, 0.05) is 50.5 Å². The quantitative estimate of drug-likeness (QED) is 0.0550. The predicted octanol–water partition coefficient (Wildman–Crippen LogP) is 3.16. The van der Waals surface area contributed by atoms with Crippen molar-refractivity contribution in [2.75, 3.05) is 102 Å². The smallest absolute Gasteiger partial charge is 0.233 e. The standard InChI is InChI=1S/C34H55N9O5/c1-4-6-16-38-32-41-33(39-19-23-48-27-26-46-21-17-36-28(3)29-11-8-7-9-12-29)43-34(42-32)40-30(5-2)13-10-14-31(44)37-18-22-47-25-24-45-20-15-35/h5,7-13,36H,3-4,6,14-27,35H2,1-2H3,(H,37,44)(H3,38,39,40,41,42,43)/b13-10-,30-5+. The second kappa shape index (κ2) is 26.9. The van der Waals surface area contributed by atoms with Crippen LogP contribution in [0.2, 0.25) is 0 Å². The number of nitrogens with zero attached hydrogens (tertiary/aromatic N) is 3. The van der Waals surface area contributed by atoms with E-state index in [0.29, 0.717) is 96.9 Å². The van der Waals surface area contributed by atoms with Gasteiger partial charge in [-0.3, -0.25) is 4.79 Å². The van der Waals surface area contributed by atoms with Crippen molar-refractivity contribution in [1.82, 2.24) is 25.6 Å². The molecule has 0 saturated heterocycles. The van der Waals surface area contributed by atoms with Gasteiger partial charge in [0.15, 0.2) is 0 Å². The summed E-state index contributed by atoms with van der Waals surface area (Å²) >= 11 is 0. The van der Waals surface area contributed by atoms with Crippen molar-refractivity contribution in [3.8, 4) is 0 Å². The van der Waals surface area contributed by atoms with Crippen molar-refractivity contribution in [3.63, 3.8) is 0 Å². The van der Waals surface area contributed by atoms with Crippen LogP contribution in [0, 0.1) is 0 Å². The molecule has 1 aromatic carbocycles. The van der Waals surface area contributed by atoms with E-state index in [1.54, 1.807) is 6.08 Å². The van der Waals surface area contributed by atoms with Crippen LogP contribution in [0.3, 0.4) is 0 Å². The van der Waals surface area contributed by atoms with E-state index in [1.807, 2.05) is 49.4 Å². The Morgan fingerprint density at radius 3 is 2.00 bits per heavy atom. The van der Waals surface area contributed by atoms with Crippen LogP contribution < -0.4 is 32.3 Å². The fourth-order valence-corrected chi connectivity index (χ4v) is 3.91. The van der Waals surface area contributed by atoms with Gasteiger partial charge in [-0.2, -0.15) is 15.0 Å². The number of unbranched alkanes of at least 4 members (excludes halogenated alkanes) is 1. The fraction of sp³-hybridized carbons (Fsp3) is 0.529. The van der Waals surface area contributed by atoms with Gasteiger partial charge in [-0.1, -0.05) is 62.4 Å². The van der Waals surface area contributed by atoms with Crippen LogP contribution in [0.4, 0.5) is 17.8 Å². The average molecular weight is 670 g/mol. The highest BCUT2D eigenvalue weighted by Gasteiger charge is 2.08. The molecule has 0 radical (unpaired) electrons. The van der Waals surface area contributed by atoms with Gasteiger partial charge in [0.1, 0.15) is 0 Å². The summed E-state index contributed by atoms with van der Waals surface area (Å²) in [6.07, 6.45) is 7.73. The van der Waals surface area contributed by atoms with Crippen molar-refractivity contribution in [1.29, 1.82) is 0 Å². The molecule has 0 aliphatic rings. The zero-order chi connectivity index (χ0) is 34.5. The summed E-state index contributed by atoms with van der Waals surface area (Å²) in [5.41, 5.74) is 8.05. The lowest BCUT2D eigenvalue weighted by atomic mass is 10.2. The molecule has 1 heterocycles. The molecule has 0 atom stereocenters. The Bertz CT molecular complexity index is 1210. The second-order valence-electron chi connectivity index (χ2n) is 10.3. The molecule has 1 aromatic heterocycles. The van der Waals surface area contributed by atoms with Gasteiger partial charge in [-0.15, -0.1) is 0 Å². The van der Waals surface area contributed by atoms with Crippen LogP contribution >= 0.6 is 0 Å². The number of benzene rings is 1. The SMILES string of the molecule is C=C(NCCOCCOCCNc1nc(NCCCC)nc(NC(/C=C\CC(=O)NCCOCCOCCN)=C/C)n1)c1ccccc1. The van der Waals surface area contributed by atoms with Gasteiger partial charge in [0.25, 0.3) is 0 Å². The number of hydrogen-bond acceptors (Lipinski definition) is 13. The monoisotopic (exact) mass is 669 g/mol. The number of rotatable bonds is 29. The van der Waals surface area contributed by atoms with Gasteiger partial charge in [-0.05, 0) is 25.0 Å². The maximum Gasteiger partial charge on any atom is 0.233 e. The second-order valence-corrected chi connectivity index (χ2v) is 10.3. The largest absolute Gasteiger partial charge is 0.383 e. The molecule has 266 valence electrons. The van der Waals surface area contributed by atoms with E-state index in [1.165, 1.54) is 0 Å². The van der Waals surface area contributed by atoms with E-state index in [2.05, 4.69) is 55.0 Å². The first kappa shape index (κ1) is 40.1. The number of ether oxygens (including phenoxy) is 4. The zero-order valence-electron chi connectivity index (χ0n) is 28.6. The van der Waals surface area contributed by atoms with Crippen molar-refractivity contribution < 1.29 is 23.7 Å². The van der Waals surface area contributed by atoms with Gasteiger partial charge in [0.05, 0.1) is 52.9 Å². The first-order chi connectivity index (χ1) is 23.5. The summed E-state index contributed by atoms with van der Waals surface area (Å²) in [4.78, 5) is 25.7. The average Bonchev–Trinajstić information content (AvgIpc) is 3.10. The third-order valence-corrected chi connectivity index (χ3v) is 6.43. The van der Waals surface area contributed by atoms with Crippen LogP contribution in [-0.4, -0.2) is 106 Å². The minimum atomic E-state index is -0.102. The van der Waals surface area contributed by atoms with E-state index >= 15 is 0 Å². The molecule has 0 fully saturated rings. The number of aromatic nitrogens is 3. The van der Waals surface area contributed by atoms with E-state index in [4.69, 9.17) is 24.7 Å². The minimum Gasteiger partial charge on any atom is -0.383 e. The number of nitrogens with two attached hydrogens (primary N) is 1. The molecule has 2 rings (SSSR count). The third kappa shape index (κ3) is 19.6. The van der Waals surface area contributed by atoms with Crippen LogP contribution in [-0.2, 0) is 23.7 Å². The first-order valence-electron chi connectivity index (χ1n) is 16.6. The maximum atomic E-state index is 12.2. The molecule has 14 nitrogen and oxygen atoms in total. The van der Waals surface area contributed by atoms with Crippen LogP contribution in [0.5, 0.6) is 0 Å². The summed E-state index contributed by atoms with van der Waals surface area (Å²) < 4.78 is 22.0. The lowest BCUT2D eigenvalue weighted by Crippen LogP contribution is -2.27. The predicted molar refractivity (Wildman–Crippen MR) is 192 cm³/mol. The molecular formula is C34H55N9O5. The fourth-order valence-electron chi connectivity index (χ4n) is 3.91. The molecule has 7 N–H and O–H groups in total. The van der Waals surface area contributed by atoms with Gasteiger partial charge >= 0.3 is 0 Å². The van der Waals surface area contributed by atoms with Crippen molar-refractivity contribution in [2.24, 2.45) is 5.73 Å². The molecule has 2 aromatic rings. The Hall–Kier alpha value is -4.08. The molecule has 14 heteroatoms. The highest BCUT2D eigenvalue weighted by molar-refractivity contribution is 5.77. The van der Waals surface area contributed by atoms with Crippen molar-refractivity contribution >= 4 is 29.4 Å². The first-order valence-corrected chi connectivity index (χ1v) is 16.6. The molecule has 0 aliphatic heterocycles. The third-order valence-electron chi connectivity index (χ3n) is 6.43. The van der Waals surface area contributed by atoms with E-state index in [9.17, 15) is 4.79 Å². The highest BCUT2D eigenvalue weighted by atomic mass is 16.5. The van der Waals surface area contributed by atoms with Crippen molar-refractivity contribution in [2.45, 2.75) is 33.1 Å². The van der Waals surface area contributed by atoms with Crippen LogP contribution in [0.15, 0.2) is 60.8 Å². The molecular weight excluding hydrogens is 614 g/mol. The van der Waals surface area contributed by atoms with E-state index in [0.717, 1.165) is 36.3 Å². The topological polar surface area (TPSA) is 179 Å². The lowest BCUT2D eigenvalue weighted by molar-refractivity contribution is -0.120. The summed E-state index contributed by atoms with van der Waals surface area (Å²) in [5, 5.41) is 15.8. The number of nitrogens with one attached hydrogen (secondary N) is 5. The molecule has 0 aliphatic carbocycles. The molecule has 0 spiro atoms. The Kier molecular flexibility index (Phi) is 22.5. The van der Waals surface area contributed by atoms with Gasteiger partial charge in [0.2, 0.25) is 23.8 Å². The Morgan fingerprint density at radius 2 is 1.38 bits per heavy atom.